The first-order valence-electron chi connectivity index (χ1n) is 6.47. The van der Waals surface area contributed by atoms with E-state index in [1.54, 1.807) is 18.2 Å². The fourth-order valence-corrected chi connectivity index (χ4v) is 2.26. The molecule has 18 heavy (non-hydrogen) atoms. The Morgan fingerprint density at radius 1 is 1.33 bits per heavy atom. The van der Waals surface area contributed by atoms with Crippen LogP contribution in [0.3, 0.4) is 0 Å². The molecule has 0 atom stereocenters. The summed E-state index contributed by atoms with van der Waals surface area (Å²) >= 11 is 0. The molecule has 4 heteroatoms. The molecule has 0 amide bonds. The third-order valence-electron chi connectivity index (χ3n) is 3.14. The highest BCUT2D eigenvalue weighted by Gasteiger charge is 2.13. The molecule has 1 heterocycles. The van der Waals surface area contributed by atoms with Crippen LogP contribution in [-0.2, 0) is 11.2 Å². The highest BCUT2D eigenvalue weighted by atomic mass is 16.3. The van der Waals surface area contributed by atoms with E-state index < -0.39 is 0 Å². The van der Waals surface area contributed by atoms with Crippen LogP contribution in [0.2, 0.25) is 0 Å². The van der Waals surface area contributed by atoms with Crippen molar-refractivity contribution in [1.29, 1.82) is 0 Å². The Labute approximate surface area is 108 Å². The lowest BCUT2D eigenvalue weighted by Gasteiger charge is -2.18. The van der Waals surface area contributed by atoms with Gasteiger partial charge in [0.15, 0.2) is 5.78 Å². The molecule has 0 aliphatic carbocycles. The van der Waals surface area contributed by atoms with Gasteiger partial charge in [0.1, 0.15) is 5.75 Å². The Hall–Kier alpha value is -1.39. The summed E-state index contributed by atoms with van der Waals surface area (Å²) in [6, 6.07) is 6.92. The Morgan fingerprint density at radius 2 is 2.22 bits per heavy atom. The van der Waals surface area contributed by atoms with Crippen molar-refractivity contribution < 1.29 is 9.90 Å². The molecule has 1 aliphatic rings. The highest BCUT2D eigenvalue weighted by Crippen LogP contribution is 2.11. The number of nitrogens with zero attached hydrogens (tertiary/aromatic N) is 1. The largest absolute Gasteiger partial charge is 0.508 e. The summed E-state index contributed by atoms with van der Waals surface area (Å²) < 4.78 is 0. The molecule has 1 fully saturated rings. The van der Waals surface area contributed by atoms with Crippen molar-refractivity contribution in [3.05, 3.63) is 29.8 Å². The quantitative estimate of drug-likeness (QED) is 0.827. The standard InChI is InChI=1S/C14H20N2O2/c17-13-4-1-3-12(9-13)10-14(18)11-16-7-2-5-15-6-8-16/h1,3-4,9,15,17H,2,5-8,10-11H2. The number of phenolic OH excluding ortho intramolecular Hbond substituents is 1. The lowest BCUT2D eigenvalue weighted by molar-refractivity contribution is -0.119. The second kappa shape index (κ2) is 6.52. The summed E-state index contributed by atoms with van der Waals surface area (Å²) in [6.07, 6.45) is 1.50. The van der Waals surface area contributed by atoms with Gasteiger partial charge in [0.25, 0.3) is 0 Å². The molecule has 0 saturated carbocycles. The SMILES string of the molecule is O=C(Cc1cccc(O)c1)CN1CCCNCC1. The lowest BCUT2D eigenvalue weighted by Crippen LogP contribution is -2.33. The zero-order chi connectivity index (χ0) is 12.8. The van der Waals surface area contributed by atoms with Gasteiger partial charge in [0, 0.05) is 19.5 Å². The molecule has 98 valence electrons. The summed E-state index contributed by atoms with van der Waals surface area (Å²) in [5.74, 6) is 0.432. The molecule has 0 radical (unpaired) electrons. The monoisotopic (exact) mass is 248 g/mol. The van der Waals surface area contributed by atoms with Crippen LogP contribution in [0.15, 0.2) is 24.3 Å². The van der Waals surface area contributed by atoms with E-state index in [9.17, 15) is 9.90 Å². The second-order valence-electron chi connectivity index (χ2n) is 4.77. The fraction of sp³-hybridized carbons (Fsp3) is 0.500. The smallest absolute Gasteiger partial charge is 0.151 e. The number of aromatic hydroxyl groups is 1. The number of hydrogen-bond acceptors (Lipinski definition) is 4. The van der Waals surface area contributed by atoms with E-state index in [0.29, 0.717) is 13.0 Å². The lowest BCUT2D eigenvalue weighted by atomic mass is 10.1. The van der Waals surface area contributed by atoms with Gasteiger partial charge in [-0.1, -0.05) is 12.1 Å². The molecular weight excluding hydrogens is 228 g/mol. The molecule has 0 unspecified atom stereocenters. The van der Waals surface area contributed by atoms with Crippen molar-refractivity contribution in [2.45, 2.75) is 12.8 Å². The van der Waals surface area contributed by atoms with Gasteiger partial charge in [-0.25, -0.2) is 0 Å². The molecule has 0 aromatic heterocycles. The van der Waals surface area contributed by atoms with Gasteiger partial charge in [0.2, 0.25) is 0 Å². The number of rotatable bonds is 4. The normalized spacial score (nSPS) is 17.3. The van der Waals surface area contributed by atoms with E-state index in [-0.39, 0.29) is 11.5 Å². The van der Waals surface area contributed by atoms with Crippen molar-refractivity contribution >= 4 is 5.78 Å². The van der Waals surface area contributed by atoms with Crippen molar-refractivity contribution in [3.8, 4) is 5.75 Å². The van der Waals surface area contributed by atoms with Crippen molar-refractivity contribution in [2.24, 2.45) is 0 Å². The van der Waals surface area contributed by atoms with E-state index in [2.05, 4.69) is 10.2 Å². The van der Waals surface area contributed by atoms with Crippen molar-refractivity contribution in [1.82, 2.24) is 10.2 Å². The second-order valence-corrected chi connectivity index (χ2v) is 4.77. The van der Waals surface area contributed by atoms with Gasteiger partial charge < -0.3 is 10.4 Å². The zero-order valence-electron chi connectivity index (χ0n) is 10.6. The van der Waals surface area contributed by atoms with Gasteiger partial charge in [-0.3, -0.25) is 9.69 Å². The molecule has 4 nitrogen and oxygen atoms in total. The number of ketones is 1. The molecule has 2 rings (SSSR count). The van der Waals surface area contributed by atoms with E-state index >= 15 is 0 Å². The maximum absolute atomic E-state index is 12.0. The fourth-order valence-electron chi connectivity index (χ4n) is 2.26. The highest BCUT2D eigenvalue weighted by molar-refractivity contribution is 5.82. The molecule has 1 aromatic carbocycles. The third-order valence-corrected chi connectivity index (χ3v) is 3.14. The number of carbonyl (C=O) groups excluding carboxylic acids is 1. The molecule has 1 saturated heterocycles. The average molecular weight is 248 g/mol. The predicted molar refractivity (Wildman–Crippen MR) is 70.7 cm³/mol. The number of benzene rings is 1. The molecule has 2 N–H and O–H groups in total. The summed E-state index contributed by atoms with van der Waals surface area (Å²) in [7, 11) is 0. The van der Waals surface area contributed by atoms with Crippen LogP contribution in [0.4, 0.5) is 0 Å². The first kappa shape index (κ1) is 13.1. The Balaban J connectivity index is 1.84. The van der Waals surface area contributed by atoms with E-state index in [0.717, 1.165) is 38.2 Å². The van der Waals surface area contributed by atoms with Crippen LogP contribution in [0.25, 0.3) is 0 Å². The number of Topliss-reactive ketones (excluding diaryl/α,β-unsaturated/α-hetero) is 1. The first-order valence-corrected chi connectivity index (χ1v) is 6.47. The minimum Gasteiger partial charge on any atom is -0.508 e. The van der Waals surface area contributed by atoms with Gasteiger partial charge in [-0.05, 0) is 37.2 Å². The summed E-state index contributed by atoms with van der Waals surface area (Å²) in [5.41, 5.74) is 0.882. The van der Waals surface area contributed by atoms with Gasteiger partial charge in [-0.15, -0.1) is 0 Å². The van der Waals surface area contributed by atoms with Gasteiger partial charge in [0.05, 0.1) is 6.54 Å². The van der Waals surface area contributed by atoms with Crippen LogP contribution >= 0.6 is 0 Å². The minimum absolute atomic E-state index is 0.211. The maximum Gasteiger partial charge on any atom is 0.151 e. The molecule has 1 aliphatic heterocycles. The Morgan fingerprint density at radius 3 is 3.06 bits per heavy atom. The topological polar surface area (TPSA) is 52.6 Å². The van der Waals surface area contributed by atoms with Crippen molar-refractivity contribution in [2.75, 3.05) is 32.7 Å². The van der Waals surface area contributed by atoms with Crippen LogP contribution in [0.1, 0.15) is 12.0 Å². The average Bonchev–Trinajstić information content (AvgIpc) is 2.57. The van der Waals surface area contributed by atoms with Crippen LogP contribution in [-0.4, -0.2) is 48.5 Å². The van der Waals surface area contributed by atoms with E-state index in [1.807, 2.05) is 6.07 Å². The minimum atomic E-state index is 0.211. The first-order chi connectivity index (χ1) is 8.74. The van der Waals surface area contributed by atoms with Crippen molar-refractivity contribution in [3.63, 3.8) is 0 Å². The summed E-state index contributed by atoms with van der Waals surface area (Å²) in [5, 5.41) is 12.7. The van der Waals surface area contributed by atoms with Gasteiger partial charge in [-0.2, -0.15) is 0 Å². The number of hydrogen-bond donors (Lipinski definition) is 2. The number of phenols is 1. The van der Waals surface area contributed by atoms with Gasteiger partial charge >= 0.3 is 0 Å². The van der Waals surface area contributed by atoms with Crippen LogP contribution < -0.4 is 5.32 Å². The summed E-state index contributed by atoms with van der Waals surface area (Å²) in [6.45, 7) is 4.43. The van der Waals surface area contributed by atoms with E-state index in [4.69, 9.17) is 0 Å². The molecular formula is C14H20N2O2. The molecule has 0 bridgehead atoms. The van der Waals surface area contributed by atoms with Crippen LogP contribution in [0.5, 0.6) is 5.75 Å². The number of nitrogens with one attached hydrogen (secondary N) is 1. The van der Waals surface area contributed by atoms with Crippen LogP contribution in [0, 0.1) is 0 Å². The Kier molecular flexibility index (Phi) is 4.73. The zero-order valence-corrected chi connectivity index (χ0v) is 10.6. The van der Waals surface area contributed by atoms with E-state index in [1.165, 1.54) is 0 Å². The number of carbonyl (C=O) groups is 1. The maximum atomic E-state index is 12.0. The molecule has 1 aromatic rings. The molecule has 0 spiro atoms. The third kappa shape index (κ3) is 4.13. The predicted octanol–water partition coefficient (Wildman–Crippen LogP) is 0.799. The summed E-state index contributed by atoms with van der Waals surface area (Å²) in [4.78, 5) is 14.2. The Bertz CT molecular complexity index is 399.